The van der Waals surface area contributed by atoms with Gasteiger partial charge in [0.2, 0.25) is 5.82 Å². The van der Waals surface area contributed by atoms with Crippen LogP contribution >= 0.6 is 0 Å². The summed E-state index contributed by atoms with van der Waals surface area (Å²) < 4.78 is 5.70. The van der Waals surface area contributed by atoms with Crippen molar-refractivity contribution in [3.8, 4) is 0 Å². The number of fused-ring (bicyclic) bond motifs is 1. The quantitative estimate of drug-likeness (QED) is 0.796. The third-order valence-corrected chi connectivity index (χ3v) is 4.19. The van der Waals surface area contributed by atoms with Gasteiger partial charge in [-0.2, -0.15) is 9.50 Å². The molecule has 3 heterocycles. The molecule has 0 spiro atoms. The van der Waals surface area contributed by atoms with Gasteiger partial charge < -0.3 is 9.64 Å². The highest BCUT2D eigenvalue weighted by molar-refractivity contribution is 5.90. The molecule has 0 saturated carbocycles. The summed E-state index contributed by atoms with van der Waals surface area (Å²) in [5.41, 5.74) is 0.168. The van der Waals surface area contributed by atoms with E-state index in [1.165, 1.54) is 7.11 Å². The standard InChI is InChI=1S/C15H19N5O4/c1-9-10(8-11(21)24-2)13(22)20-15(16-9)17-12(18-20)14(23)19-6-4-3-5-7-19/h3-8H2,1-2H3,(H,16,17,18). The Morgan fingerprint density at radius 1 is 1.21 bits per heavy atom. The van der Waals surface area contributed by atoms with E-state index >= 15 is 0 Å². The topological polar surface area (TPSA) is 110 Å². The summed E-state index contributed by atoms with van der Waals surface area (Å²) in [7, 11) is 1.26. The number of H-pyrrole nitrogens is 1. The van der Waals surface area contributed by atoms with Gasteiger partial charge in [-0.3, -0.25) is 19.5 Å². The Bertz CT molecular complexity index is 847. The molecule has 128 valence electrons. The lowest BCUT2D eigenvalue weighted by molar-refractivity contribution is -0.139. The van der Waals surface area contributed by atoms with Crippen LogP contribution in [0.25, 0.3) is 5.78 Å². The molecule has 9 heteroatoms. The van der Waals surface area contributed by atoms with Crippen LogP contribution in [0.2, 0.25) is 0 Å². The van der Waals surface area contributed by atoms with E-state index in [0.29, 0.717) is 18.8 Å². The average molecular weight is 333 g/mol. The number of nitrogens with one attached hydrogen (secondary N) is 1. The summed E-state index contributed by atoms with van der Waals surface area (Å²) in [6, 6.07) is 0. The number of methoxy groups -OCH3 is 1. The van der Waals surface area contributed by atoms with Crippen molar-refractivity contribution >= 4 is 17.7 Å². The molecule has 0 radical (unpaired) electrons. The van der Waals surface area contributed by atoms with Gasteiger partial charge in [0, 0.05) is 13.1 Å². The molecule has 1 aliphatic heterocycles. The van der Waals surface area contributed by atoms with Crippen molar-refractivity contribution in [3.63, 3.8) is 0 Å². The minimum Gasteiger partial charge on any atom is -0.469 e. The number of piperidine rings is 1. The summed E-state index contributed by atoms with van der Waals surface area (Å²) in [6.45, 7) is 3.00. The molecule has 0 bridgehead atoms. The number of esters is 1. The Hall–Kier alpha value is -2.71. The lowest BCUT2D eigenvalue weighted by Gasteiger charge is -2.25. The van der Waals surface area contributed by atoms with Gasteiger partial charge in [-0.25, -0.2) is 4.98 Å². The number of amides is 1. The molecule has 1 amide bonds. The highest BCUT2D eigenvalue weighted by atomic mass is 16.5. The largest absolute Gasteiger partial charge is 0.469 e. The number of rotatable bonds is 3. The third kappa shape index (κ3) is 2.89. The molecule has 1 aliphatic rings. The predicted molar refractivity (Wildman–Crippen MR) is 83.8 cm³/mol. The second kappa shape index (κ2) is 6.42. The molecule has 9 nitrogen and oxygen atoms in total. The first-order chi connectivity index (χ1) is 11.5. The molecule has 1 N–H and O–H groups in total. The summed E-state index contributed by atoms with van der Waals surface area (Å²) >= 11 is 0. The monoisotopic (exact) mass is 333 g/mol. The summed E-state index contributed by atoms with van der Waals surface area (Å²) in [4.78, 5) is 46.5. The molecule has 2 aromatic heterocycles. The van der Waals surface area contributed by atoms with Crippen LogP contribution in [0.4, 0.5) is 0 Å². The lowest BCUT2D eigenvalue weighted by Crippen LogP contribution is -2.36. The fourth-order valence-corrected chi connectivity index (χ4v) is 2.82. The van der Waals surface area contributed by atoms with Gasteiger partial charge in [0.05, 0.1) is 24.8 Å². The van der Waals surface area contributed by atoms with Crippen LogP contribution in [0.3, 0.4) is 0 Å². The van der Waals surface area contributed by atoms with Crippen molar-refractivity contribution in [1.82, 2.24) is 24.5 Å². The smallest absolute Gasteiger partial charge is 0.310 e. The van der Waals surface area contributed by atoms with Gasteiger partial charge in [-0.1, -0.05) is 0 Å². The van der Waals surface area contributed by atoms with Crippen LogP contribution in [0.5, 0.6) is 0 Å². The van der Waals surface area contributed by atoms with E-state index in [1.54, 1.807) is 11.8 Å². The van der Waals surface area contributed by atoms with E-state index in [0.717, 1.165) is 23.8 Å². The van der Waals surface area contributed by atoms with Gasteiger partial charge in [0.25, 0.3) is 17.2 Å². The maximum Gasteiger partial charge on any atom is 0.310 e. The zero-order chi connectivity index (χ0) is 17.3. The number of carbonyl (C=O) groups excluding carboxylic acids is 2. The lowest BCUT2D eigenvalue weighted by atomic mass is 10.1. The number of aryl methyl sites for hydroxylation is 1. The maximum atomic E-state index is 12.5. The molecule has 0 unspecified atom stereocenters. The molecular weight excluding hydrogens is 314 g/mol. The second-order valence-corrected chi connectivity index (χ2v) is 5.79. The van der Waals surface area contributed by atoms with Crippen molar-refractivity contribution in [3.05, 3.63) is 27.4 Å². The molecule has 2 aromatic rings. The molecular formula is C15H19N5O4. The van der Waals surface area contributed by atoms with E-state index in [-0.39, 0.29) is 29.5 Å². The Morgan fingerprint density at radius 3 is 2.58 bits per heavy atom. The highest BCUT2D eigenvalue weighted by Crippen LogP contribution is 2.12. The highest BCUT2D eigenvalue weighted by Gasteiger charge is 2.23. The Labute approximate surface area is 137 Å². The van der Waals surface area contributed by atoms with E-state index < -0.39 is 11.5 Å². The van der Waals surface area contributed by atoms with Gasteiger partial charge >= 0.3 is 5.97 Å². The van der Waals surface area contributed by atoms with Crippen LogP contribution in [0, 0.1) is 6.92 Å². The van der Waals surface area contributed by atoms with E-state index in [1.807, 2.05) is 0 Å². The third-order valence-electron chi connectivity index (χ3n) is 4.19. The van der Waals surface area contributed by atoms with Crippen molar-refractivity contribution in [2.75, 3.05) is 20.2 Å². The summed E-state index contributed by atoms with van der Waals surface area (Å²) in [6.07, 6.45) is 2.87. The number of likely N-dealkylation sites (tertiary alicyclic amines) is 1. The first kappa shape index (κ1) is 16.2. The summed E-state index contributed by atoms with van der Waals surface area (Å²) in [5, 5.41) is 2.71. The molecule has 1 saturated heterocycles. The zero-order valence-corrected chi connectivity index (χ0v) is 13.7. The van der Waals surface area contributed by atoms with Gasteiger partial charge in [-0.05, 0) is 26.2 Å². The second-order valence-electron chi connectivity index (χ2n) is 5.79. The summed E-state index contributed by atoms with van der Waals surface area (Å²) in [5.74, 6) is -0.574. The number of aromatic amines is 1. The van der Waals surface area contributed by atoms with Crippen LogP contribution in [-0.2, 0) is 16.0 Å². The number of nitrogens with zero attached hydrogens (tertiary/aromatic N) is 4. The van der Waals surface area contributed by atoms with Crippen LogP contribution in [0.1, 0.15) is 41.1 Å². The van der Waals surface area contributed by atoms with Crippen molar-refractivity contribution in [2.24, 2.45) is 0 Å². The fraction of sp³-hybridized carbons (Fsp3) is 0.533. The molecule has 1 fully saturated rings. The first-order valence-electron chi connectivity index (χ1n) is 7.85. The minimum absolute atomic E-state index is 0.0797. The SMILES string of the molecule is COC(=O)Cc1c(C)nc2nc(C(=O)N3CCCCC3)[nH]n2c1=O. The van der Waals surface area contributed by atoms with Gasteiger partial charge in [0.15, 0.2) is 0 Å². The Balaban J connectivity index is 1.98. The van der Waals surface area contributed by atoms with Gasteiger partial charge in [-0.15, -0.1) is 0 Å². The number of carbonyl (C=O) groups is 2. The van der Waals surface area contributed by atoms with Crippen molar-refractivity contribution in [2.45, 2.75) is 32.6 Å². The maximum absolute atomic E-state index is 12.5. The van der Waals surface area contributed by atoms with Gasteiger partial charge in [0.1, 0.15) is 0 Å². The number of ether oxygens (including phenoxy) is 1. The van der Waals surface area contributed by atoms with Crippen LogP contribution < -0.4 is 5.56 Å². The van der Waals surface area contributed by atoms with E-state index in [4.69, 9.17) is 0 Å². The Morgan fingerprint density at radius 2 is 1.92 bits per heavy atom. The average Bonchev–Trinajstić information content (AvgIpc) is 3.02. The zero-order valence-electron chi connectivity index (χ0n) is 13.7. The fourth-order valence-electron chi connectivity index (χ4n) is 2.82. The van der Waals surface area contributed by atoms with E-state index in [9.17, 15) is 14.4 Å². The molecule has 3 rings (SSSR count). The molecule has 24 heavy (non-hydrogen) atoms. The van der Waals surface area contributed by atoms with Crippen molar-refractivity contribution < 1.29 is 14.3 Å². The van der Waals surface area contributed by atoms with E-state index in [2.05, 4.69) is 19.8 Å². The predicted octanol–water partition coefficient (Wildman–Crippen LogP) is 0.0676. The molecule has 0 atom stereocenters. The first-order valence-corrected chi connectivity index (χ1v) is 7.85. The Kier molecular flexibility index (Phi) is 4.32. The van der Waals surface area contributed by atoms with Crippen molar-refractivity contribution in [1.29, 1.82) is 0 Å². The normalized spacial score (nSPS) is 14.8. The molecule has 0 aromatic carbocycles. The minimum atomic E-state index is -0.527. The number of hydrogen-bond donors (Lipinski definition) is 1. The van der Waals surface area contributed by atoms with Crippen LogP contribution in [0.15, 0.2) is 4.79 Å². The van der Waals surface area contributed by atoms with Crippen LogP contribution in [-0.4, -0.2) is 56.6 Å². The number of hydrogen-bond acceptors (Lipinski definition) is 6. The molecule has 0 aliphatic carbocycles. The number of aromatic nitrogens is 4.